The fourth-order valence-electron chi connectivity index (χ4n) is 1.93. The summed E-state index contributed by atoms with van der Waals surface area (Å²) >= 11 is 0. The first kappa shape index (κ1) is 10.3. The fourth-order valence-corrected chi connectivity index (χ4v) is 1.93. The van der Waals surface area contributed by atoms with Crippen molar-refractivity contribution < 1.29 is 10.2 Å². The molecular formula is C11H16O2. The molecule has 2 heteroatoms. The smallest absolute Gasteiger partial charge is 0.0503 e. The van der Waals surface area contributed by atoms with Crippen molar-refractivity contribution in [1.82, 2.24) is 0 Å². The van der Waals surface area contributed by atoms with Gasteiger partial charge in [0.2, 0.25) is 0 Å². The predicted octanol–water partition coefficient (Wildman–Crippen LogP) is 0.947. The molecule has 0 aromatic carbocycles. The Morgan fingerprint density at radius 3 is 2.77 bits per heavy atom. The average molecular weight is 180 g/mol. The summed E-state index contributed by atoms with van der Waals surface area (Å²) in [7, 11) is 0. The zero-order valence-corrected chi connectivity index (χ0v) is 7.74. The van der Waals surface area contributed by atoms with Crippen LogP contribution in [-0.2, 0) is 0 Å². The van der Waals surface area contributed by atoms with E-state index in [2.05, 4.69) is 5.92 Å². The van der Waals surface area contributed by atoms with Crippen molar-refractivity contribution in [1.29, 1.82) is 0 Å². The number of hydrogen-bond donors (Lipinski definition) is 2. The number of hydrogen-bond acceptors (Lipinski definition) is 2. The molecule has 72 valence electrons. The van der Waals surface area contributed by atoms with E-state index in [9.17, 15) is 10.2 Å². The normalized spacial score (nSPS) is 32.8. The summed E-state index contributed by atoms with van der Waals surface area (Å²) in [6.07, 6.45) is 11.5. The van der Waals surface area contributed by atoms with Gasteiger partial charge in [-0.15, -0.1) is 12.3 Å². The highest BCUT2D eigenvalue weighted by atomic mass is 16.3. The van der Waals surface area contributed by atoms with Gasteiger partial charge in [0.1, 0.15) is 0 Å². The highest BCUT2D eigenvalue weighted by Crippen LogP contribution is 2.40. The number of aliphatic hydroxyl groups excluding tert-OH is 2. The fraction of sp³-hybridized carbons (Fsp3) is 0.636. The Hall–Kier alpha value is -0.780. The molecule has 2 nitrogen and oxygen atoms in total. The number of rotatable bonds is 3. The molecule has 0 fully saturated rings. The van der Waals surface area contributed by atoms with Gasteiger partial charge in [0.05, 0.1) is 6.61 Å². The number of terminal acetylenes is 1. The molecule has 0 saturated heterocycles. The van der Waals surface area contributed by atoms with Crippen LogP contribution < -0.4 is 0 Å². The summed E-state index contributed by atoms with van der Waals surface area (Å²) in [6.45, 7) is 0.166. The monoisotopic (exact) mass is 180 g/mol. The lowest BCUT2D eigenvalue weighted by atomic mass is 9.67. The van der Waals surface area contributed by atoms with Crippen LogP contribution in [0, 0.1) is 23.7 Å². The van der Waals surface area contributed by atoms with Gasteiger partial charge in [-0.25, -0.2) is 0 Å². The van der Waals surface area contributed by atoms with E-state index >= 15 is 0 Å². The second-order valence-corrected chi connectivity index (χ2v) is 3.69. The van der Waals surface area contributed by atoms with E-state index in [-0.39, 0.29) is 24.5 Å². The third-order valence-corrected chi connectivity index (χ3v) is 2.97. The quantitative estimate of drug-likeness (QED) is 0.501. The third-order valence-electron chi connectivity index (χ3n) is 2.97. The highest BCUT2D eigenvalue weighted by molar-refractivity contribution is 5.06. The minimum atomic E-state index is -0.280. The second-order valence-electron chi connectivity index (χ2n) is 3.69. The Labute approximate surface area is 79.3 Å². The van der Waals surface area contributed by atoms with E-state index in [0.717, 1.165) is 12.8 Å². The van der Waals surface area contributed by atoms with Crippen LogP contribution in [0.1, 0.15) is 19.3 Å². The molecule has 0 aromatic heterocycles. The first-order valence-electron chi connectivity index (χ1n) is 4.59. The van der Waals surface area contributed by atoms with Crippen molar-refractivity contribution in [3.63, 3.8) is 0 Å². The third kappa shape index (κ3) is 1.93. The number of aliphatic hydroxyl groups is 2. The maximum Gasteiger partial charge on any atom is 0.0503 e. The van der Waals surface area contributed by atoms with Gasteiger partial charge < -0.3 is 10.2 Å². The van der Waals surface area contributed by atoms with E-state index in [1.807, 2.05) is 12.2 Å². The minimum absolute atomic E-state index is 0.0623. The van der Waals surface area contributed by atoms with Crippen molar-refractivity contribution in [2.45, 2.75) is 19.3 Å². The van der Waals surface area contributed by atoms with Crippen LogP contribution in [0.2, 0.25) is 0 Å². The molecule has 0 bridgehead atoms. The molecule has 0 saturated carbocycles. The Balaban J connectivity index is 2.81. The lowest BCUT2D eigenvalue weighted by molar-refractivity contribution is 0.0290. The van der Waals surface area contributed by atoms with Gasteiger partial charge >= 0.3 is 0 Å². The largest absolute Gasteiger partial charge is 0.396 e. The molecule has 1 aliphatic carbocycles. The molecule has 0 unspecified atom stereocenters. The van der Waals surface area contributed by atoms with Gasteiger partial charge in [0, 0.05) is 18.4 Å². The molecule has 0 aliphatic heterocycles. The van der Waals surface area contributed by atoms with Crippen molar-refractivity contribution in [2.75, 3.05) is 13.2 Å². The summed E-state index contributed by atoms with van der Waals surface area (Å²) in [5.74, 6) is 2.70. The first-order valence-corrected chi connectivity index (χ1v) is 4.59. The minimum Gasteiger partial charge on any atom is -0.396 e. The van der Waals surface area contributed by atoms with Gasteiger partial charge in [-0.3, -0.25) is 0 Å². The molecule has 2 atom stereocenters. The van der Waals surface area contributed by atoms with Crippen molar-refractivity contribution >= 4 is 0 Å². The van der Waals surface area contributed by atoms with Gasteiger partial charge in [0.25, 0.3) is 0 Å². The van der Waals surface area contributed by atoms with Gasteiger partial charge in [-0.2, -0.15) is 0 Å². The lowest BCUT2D eigenvalue weighted by Gasteiger charge is -2.38. The SMILES string of the molecule is C#CC[C@]1(CO)CC=CC[C@H]1CO. The van der Waals surface area contributed by atoms with Crippen LogP contribution in [0.4, 0.5) is 0 Å². The van der Waals surface area contributed by atoms with E-state index in [1.165, 1.54) is 0 Å². The van der Waals surface area contributed by atoms with Crippen LogP contribution in [0.25, 0.3) is 0 Å². The molecule has 2 N–H and O–H groups in total. The summed E-state index contributed by atoms with van der Waals surface area (Å²) in [6, 6.07) is 0. The maximum atomic E-state index is 9.33. The molecule has 1 aliphatic rings. The summed E-state index contributed by atoms with van der Waals surface area (Å²) in [5, 5.41) is 18.5. The molecule has 0 spiro atoms. The molecular weight excluding hydrogens is 164 g/mol. The Morgan fingerprint density at radius 1 is 1.46 bits per heavy atom. The van der Waals surface area contributed by atoms with Crippen LogP contribution >= 0.6 is 0 Å². The van der Waals surface area contributed by atoms with E-state index in [1.54, 1.807) is 0 Å². The van der Waals surface area contributed by atoms with Gasteiger partial charge in [0.15, 0.2) is 0 Å². The topological polar surface area (TPSA) is 40.5 Å². The van der Waals surface area contributed by atoms with E-state index in [4.69, 9.17) is 6.42 Å². The first-order chi connectivity index (χ1) is 6.29. The summed E-state index contributed by atoms with van der Waals surface area (Å²) in [4.78, 5) is 0. The van der Waals surface area contributed by atoms with Crippen molar-refractivity contribution in [2.24, 2.45) is 11.3 Å². The molecule has 0 amide bonds. The summed E-state index contributed by atoms with van der Waals surface area (Å²) in [5.41, 5.74) is -0.280. The summed E-state index contributed by atoms with van der Waals surface area (Å²) < 4.78 is 0. The lowest BCUT2D eigenvalue weighted by Crippen LogP contribution is -2.37. The van der Waals surface area contributed by atoms with Crippen LogP contribution in [0.3, 0.4) is 0 Å². The van der Waals surface area contributed by atoms with E-state index in [0.29, 0.717) is 6.42 Å². The predicted molar refractivity (Wildman–Crippen MR) is 51.9 cm³/mol. The average Bonchev–Trinajstić information content (AvgIpc) is 2.19. The van der Waals surface area contributed by atoms with Crippen molar-refractivity contribution in [3.05, 3.63) is 12.2 Å². The molecule has 13 heavy (non-hydrogen) atoms. The van der Waals surface area contributed by atoms with Crippen LogP contribution in [0.5, 0.6) is 0 Å². The zero-order valence-electron chi connectivity index (χ0n) is 7.74. The molecule has 1 rings (SSSR count). The number of allylic oxidation sites excluding steroid dienone is 2. The second kappa shape index (κ2) is 4.45. The molecule has 0 aromatic rings. The standard InChI is InChI=1S/C11H16O2/c1-2-6-11(9-13)7-4-3-5-10(11)8-12/h1,3-4,10,12-13H,5-9H2/t10-,11+/m0/s1. The van der Waals surface area contributed by atoms with Gasteiger partial charge in [-0.05, 0) is 18.8 Å². The van der Waals surface area contributed by atoms with Gasteiger partial charge in [-0.1, -0.05) is 12.2 Å². The van der Waals surface area contributed by atoms with Crippen LogP contribution in [0.15, 0.2) is 12.2 Å². The Bertz CT molecular complexity index is 227. The highest BCUT2D eigenvalue weighted by Gasteiger charge is 2.37. The van der Waals surface area contributed by atoms with E-state index < -0.39 is 0 Å². The van der Waals surface area contributed by atoms with Crippen LogP contribution in [-0.4, -0.2) is 23.4 Å². The Morgan fingerprint density at radius 2 is 2.23 bits per heavy atom. The maximum absolute atomic E-state index is 9.33. The van der Waals surface area contributed by atoms with Crippen molar-refractivity contribution in [3.8, 4) is 12.3 Å². The zero-order chi connectivity index (χ0) is 9.73. The molecule has 0 heterocycles. The molecule has 0 radical (unpaired) electrons. The Kier molecular flexibility index (Phi) is 3.53.